The van der Waals surface area contributed by atoms with Gasteiger partial charge in [0.25, 0.3) is 5.91 Å². The number of thiophene rings is 1. The van der Waals surface area contributed by atoms with Gasteiger partial charge < -0.3 is 5.32 Å². The van der Waals surface area contributed by atoms with E-state index in [0.29, 0.717) is 0 Å². The van der Waals surface area contributed by atoms with Crippen LogP contribution in [0.4, 0.5) is 0 Å². The Balaban J connectivity index is 2.96. The molecule has 7 nitrogen and oxygen atoms in total. The fraction of sp³-hybridized carbons (Fsp3) is 0.545. The molecule has 1 heterocycles. The molecule has 1 aromatic heterocycles. The van der Waals surface area contributed by atoms with Crippen LogP contribution >= 0.6 is 11.3 Å². The van der Waals surface area contributed by atoms with E-state index in [-0.39, 0.29) is 21.9 Å². The summed E-state index contributed by atoms with van der Waals surface area (Å²) >= 11 is 0.858. The number of sulfone groups is 1. The molecule has 0 spiro atoms. The second kappa shape index (κ2) is 5.67. The Morgan fingerprint density at radius 1 is 1.33 bits per heavy atom. The zero-order chi connectivity index (χ0) is 16.6. The Bertz CT molecular complexity index is 760. The van der Waals surface area contributed by atoms with E-state index in [1.807, 2.05) is 0 Å². The Labute approximate surface area is 128 Å². The Kier molecular flexibility index (Phi) is 4.88. The van der Waals surface area contributed by atoms with E-state index < -0.39 is 30.5 Å². The molecule has 1 rings (SSSR count). The average molecular weight is 354 g/mol. The zero-order valence-corrected chi connectivity index (χ0v) is 14.6. The molecule has 0 bridgehead atoms. The molecule has 0 saturated heterocycles. The quantitative estimate of drug-likeness (QED) is 0.785. The lowest BCUT2D eigenvalue weighted by Crippen LogP contribution is -2.43. The number of primary sulfonamides is 1. The predicted molar refractivity (Wildman–Crippen MR) is 81.7 cm³/mol. The first-order chi connectivity index (χ1) is 9.27. The minimum absolute atomic E-state index is 0.0741. The van der Waals surface area contributed by atoms with Gasteiger partial charge in [0.1, 0.15) is 4.21 Å². The maximum absolute atomic E-state index is 12.0. The summed E-state index contributed by atoms with van der Waals surface area (Å²) in [5.41, 5.74) is 0.436. The van der Waals surface area contributed by atoms with Crippen LogP contribution < -0.4 is 10.5 Å². The van der Waals surface area contributed by atoms with Gasteiger partial charge in [-0.2, -0.15) is 0 Å². The highest BCUT2D eigenvalue weighted by Gasteiger charge is 2.31. The lowest BCUT2D eigenvalue weighted by Gasteiger charge is -2.22. The molecule has 0 saturated carbocycles. The molecule has 1 aromatic rings. The number of nitrogens with one attached hydrogen (secondary N) is 1. The number of amides is 1. The molecule has 0 aromatic carbocycles. The van der Waals surface area contributed by atoms with E-state index in [0.717, 1.165) is 17.6 Å². The Hall–Kier alpha value is -0.970. The van der Waals surface area contributed by atoms with Gasteiger partial charge in [0.2, 0.25) is 10.0 Å². The molecule has 0 atom stereocenters. The summed E-state index contributed by atoms with van der Waals surface area (Å²) < 4.78 is 44.6. The second-order valence-electron chi connectivity index (χ2n) is 5.32. The third-order valence-electron chi connectivity index (χ3n) is 3.18. The van der Waals surface area contributed by atoms with Crippen LogP contribution in [0.3, 0.4) is 0 Å². The Morgan fingerprint density at radius 3 is 2.24 bits per heavy atom. The van der Waals surface area contributed by atoms with Crippen LogP contribution in [0.1, 0.15) is 29.8 Å². The first-order valence-corrected chi connectivity index (χ1v) is 10.2. The molecule has 0 aliphatic rings. The van der Waals surface area contributed by atoms with Crippen molar-refractivity contribution in [2.24, 2.45) is 5.14 Å². The molecule has 3 N–H and O–H groups in total. The fourth-order valence-electron chi connectivity index (χ4n) is 1.42. The first kappa shape index (κ1) is 18.1. The van der Waals surface area contributed by atoms with E-state index in [1.54, 1.807) is 0 Å². The van der Waals surface area contributed by atoms with E-state index in [4.69, 9.17) is 5.14 Å². The lowest BCUT2D eigenvalue weighted by atomic mass is 10.2. The van der Waals surface area contributed by atoms with Crippen molar-refractivity contribution < 1.29 is 21.6 Å². The van der Waals surface area contributed by atoms with Gasteiger partial charge in [0, 0.05) is 18.2 Å². The van der Waals surface area contributed by atoms with Crippen molar-refractivity contribution in [1.29, 1.82) is 0 Å². The van der Waals surface area contributed by atoms with Gasteiger partial charge in [-0.3, -0.25) is 4.79 Å². The van der Waals surface area contributed by atoms with E-state index in [1.165, 1.54) is 26.2 Å². The van der Waals surface area contributed by atoms with Crippen LogP contribution in [0.15, 0.2) is 9.59 Å². The van der Waals surface area contributed by atoms with E-state index >= 15 is 0 Å². The van der Waals surface area contributed by atoms with Crippen molar-refractivity contribution in [3.63, 3.8) is 0 Å². The standard InChI is InChI=1S/C11H18N2O5S3/c1-7-8(5-19-10(7)21(12,17)18)9(14)13-6-11(2,3)20(4,15)16/h5H,6H2,1-4H3,(H,13,14)(H2,12,17,18). The minimum atomic E-state index is -3.87. The molecular formula is C11H18N2O5S3. The molecular weight excluding hydrogens is 336 g/mol. The summed E-state index contributed by atoms with van der Waals surface area (Å²) in [6.07, 6.45) is 1.09. The summed E-state index contributed by atoms with van der Waals surface area (Å²) in [5.74, 6) is -0.532. The smallest absolute Gasteiger partial charge is 0.252 e. The molecule has 0 aliphatic heterocycles. The van der Waals surface area contributed by atoms with Crippen molar-refractivity contribution in [3.8, 4) is 0 Å². The van der Waals surface area contributed by atoms with Gasteiger partial charge in [-0.1, -0.05) is 0 Å². The first-order valence-electron chi connectivity index (χ1n) is 5.86. The normalized spacial score (nSPS) is 13.2. The third-order valence-corrected chi connectivity index (χ3v) is 8.01. The van der Waals surface area contributed by atoms with Crippen LogP contribution in [0.5, 0.6) is 0 Å². The highest BCUT2D eigenvalue weighted by Crippen LogP contribution is 2.25. The van der Waals surface area contributed by atoms with Crippen molar-refractivity contribution >= 4 is 37.1 Å². The summed E-state index contributed by atoms with van der Waals surface area (Å²) in [7, 11) is -7.21. The van der Waals surface area contributed by atoms with Gasteiger partial charge in [-0.25, -0.2) is 22.0 Å². The zero-order valence-electron chi connectivity index (χ0n) is 12.1. The average Bonchev–Trinajstić information content (AvgIpc) is 2.66. The number of nitrogens with two attached hydrogens (primary N) is 1. The highest BCUT2D eigenvalue weighted by molar-refractivity contribution is 7.92. The third kappa shape index (κ3) is 4.02. The minimum Gasteiger partial charge on any atom is -0.350 e. The van der Waals surface area contributed by atoms with Gasteiger partial charge >= 0.3 is 0 Å². The summed E-state index contributed by atoms with van der Waals surface area (Å²) in [4.78, 5) is 12.0. The molecule has 0 fully saturated rings. The van der Waals surface area contributed by atoms with Crippen molar-refractivity contribution in [2.75, 3.05) is 12.8 Å². The van der Waals surface area contributed by atoms with Crippen LogP contribution in [0, 0.1) is 6.92 Å². The summed E-state index contributed by atoms with van der Waals surface area (Å²) in [6.45, 7) is 4.40. The van der Waals surface area contributed by atoms with Crippen molar-refractivity contribution in [2.45, 2.75) is 29.7 Å². The lowest BCUT2D eigenvalue weighted by molar-refractivity contribution is 0.0950. The molecule has 1 amide bonds. The van der Waals surface area contributed by atoms with Crippen LogP contribution in [0.2, 0.25) is 0 Å². The molecule has 10 heteroatoms. The van der Waals surface area contributed by atoms with Crippen molar-refractivity contribution in [3.05, 3.63) is 16.5 Å². The highest BCUT2D eigenvalue weighted by atomic mass is 32.2. The molecule has 21 heavy (non-hydrogen) atoms. The van der Waals surface area contributed by atoms with Gasteiger partial charge in [-0.15, -0.1) is 11.3 Å². The van der Waals surface area contributed by atoms with Crippen molar-refractivity contribution in [1.82, 2.24) is 5.32 Å². The molecule has 0 aliphatic carbocycles. The largest absolute Gasteiger partial charge is 0.350 e. The Morgan fingerprint density at radius 2 is 1.86 bits per heavy atom. The van der Waals surface area contributed by atoms with E-state index in [2.05, 4.69) is 5.32 Å². The predicted octanol–water partition coefficient (Wildman–Crippen LogP) is 0.257. The van der Waals surface area contributed by atoms with Gasteiger partial charge in [0.05, 0.1) is 10.3 Å². The maximum atomic E-state index is 12.0. The SMILES string of the molecule is Cc1c(C(=O)NCC(C)(C)S(C)(=O)=O)csc1S(N)(=O)=O. The summed E-state index contributed by atoms with van der Waals surface area (Å²) in [6, 6.07) is 0. The fourth-order valence-corrected chi connectivity index (χ4v) is 3.77. The molecule has 0 unspecified atom stereocenters. The number of hydrogen-bond donors (Lipinski definition) is 2. The maximum Gasteiger partial charge on any atom is 0.252 e. The molecule has 0 radical (unpaired) electrons. The van der Waals surface area contributed by atoms with E-state index in [9.17, 15) is 21.6 Å². The monoisotopic (exact) mass is 354 g/mol. The van der Waals surface area contributed by atoms with Crippen LogP contribution in [0.25, 0.3) is 0 Å². The number of sulfonamides is 1. The number of carbonyl (C=O) groups excluding carboxylic acids is 1. The number of carbonyl (C=O) groups is 1. The van der Waals surface area contributed by atoms with Gasteiger partial charge in [0.15, 0.2) is 9.84 Å². The number of rotatable bonds is 5. The number of hydrogen-bond acceptors (Lipinski definition) is 6. The van der Waals surface area contributed by atoms with Crippen LogP contribution in [-0.4, -0.2) is 40.3 Å². The molecule has 120 valence electrons. The topological polar surface area (TPSA) is 123 Å². The van der Waals surface area contributed by atoms with Gasteiger partial charge in [-0.05, 0) is 26.3 Å². The second-order valence-corrected chi connectivity index (χ2v) is 10.6. The summed E-state index contributed by atoms with van der Waals surface area (Å²) in [5, 5.41) is 8.93. The van der Waals surface area contributed by atoms with Crippen LogP contribution in [-0.2, 0) is 19.9 Å².